The molecule has 0 heterocycles. The van der Waals surface area contributed by atoms with Crippen molar-refractivity contribution >= 4 is 23.8 Å². The van der Waals surface area contributed by atoms with Gasteiger partial charge in [0.25, 0.3) is 5.91 Å². The molecule has 3 aromatic rings. The summed E-state index contributed by atoms with van der Waals surface area (Å²) in [6, 6.07) is 18.1. The van der Waals surface area contributed by atoms with Gasteiger partial charge in [-0.25, -0.2) is 13.6 Å². The number of nitrogens with one attached hydrogen (secondary N) is 2. The maximum absolute atomic E-state index is 13.6. The Labute approximate surface area is 171 Å². The molecule has 8 heteroatoms. The minimum absolute atomic E-state index is 0.341. The number of rotatable bonds is 6. The lowest BCUT2D eigenvalue weighted by atomic mass is 10.2. The molecule has 0 aliphatic rings. The molecule has 3 amide bonds. The Morgan fingerprint density at radius 2 is 1.57 bits per heavy atom. The van der Waals surface area contributed by atoms with Gasteiger partial charge in [0.2, 0.25) is 0 Å². The molecular weight excluding hydrogens is 392 g/mol. The average Bonchev–Trinajstić information content (AvgIpc) is 2.73. The SMILES string of the molecule is O=C(NC(=O)c1c(F)cccc1F)Nc1ccc(/C=N/OCc2ccccc2)cc1. The summed E-state index contributed by atoms with van der Waals surface area (Å²) in [5.74, 6) is -3.29. The minimum Gasteiger partial charge on any atom is -0.391 e. The first kappa shape index (κ1) is 20.7. The van der Waals surface area contributed by atoms with Gasteiger partial charge in [-0.1, -0.05) is 53.7 Å². The summed E-state index contributed by atoms with van der Waals surface area (Å²) in [5, 5.41) is 8.17. The second kappa shape index (κ2) is 9.92. The highest BCUT2D eigenvalue weighted by molar-refractivity contribution is 6.08. The number of hydrogen-bond acceptors (Lipinski definition) is 4. The van der Waals surface area contributed by atoms with Crippen molar-refractivity contribution < 1.29 is 23.2 Å². The van der Waals surface area contributed by atoms with Crippen LogP contribution in [0.4, 0.5) is 19.3 Å². The molecule has 0 atom stereocenters. The van der Waals surface area contributed by atoms with E-state index >= 15 is 0 Å². The smallest absolute Gasteiger partial charge is 0.326 e. The van der Waals surface area contributed by atoms with E-state index in [0.717, 1.165) is 29.3 Å². The van der Waals surface area contributed by atoms with Crippen LogP contribution in [-0.2, 0) is 11.4 Å². The second-order valence-electron chi connectivity index (χ2n) is 6.12. The molecule has 0 bridgehead atoms. The molecule has 6 nitrogen and oxygen atoms in total. The Morgan fingerprint density at radius 1 is 0.900 bits per heavy atom. The summed E-state index contributed by atoms with van der Waals surface area (Å²) in [7, 11) is 0. The maximum Gasteiger partial charge on any atom is 0.326 e. The second-order valence-corrected chi connectivity index (χ2v) is 6.12. The monoisotopic (exact) mass is 409 g/mol. The van der Waals surface area contributed by atoms with E-state index in [1.807, 2.05) is 35.6 Å². The molecule has 3 aromatic carbocycles. The molecule has 152 valence electrons. The quantitative estimate of drug-likeness (QED) is 0.465. The third-order valence-corrected chi connectivity index (χ3v) is 3.94. The number of halogens is 2. The van der Waals surface area contributed by atoms with E-state index in [0.29, 0.717) is 12.3 Å². The maximum atomic E-state index is 13.6. The van der Waals surface area contributed by atoms with Crippen molar-refractivity contribution in [3.63, 3.8) is 0 Å². The third kappa shape index (κ3) is 5.71. The number of oxime groups is 1. The van der Waals surface area contributed by atoms with E-state index in [1.165, 1.54) is 6.21 Å². The van der Waals surface area contributed by atoms with Crippen LogP contribution in [0.15, 0.2) is 78.0 Å². The van der Waals surface area contributed by atoms with Crippen molar-refractivity contribution in [1.82, 2.24) is 5.32 Å². The Hall–Kier alpha value is -4.07. The van der Waals surface area contributed by atoms with E-state index in [1.54, 1.807) is 24.3 Å². The van der Waals surface area contributed by atoms with E-state index in [9.17, 15) is 18.4 Å². The molecule has 2 N–H and O–H groups in total. The third-order valence-electron chi connectivity index (χ3n) is 3.94. The molecule has 0 spiro atoms. The largest absolute Gasteiger partial charge is 0.391 e. The number of hydrogen-bond donors (Lipinski definition) is 2. The van der Waals surface area contributed by atoms with E-state index in [2.05, 4.69) is 10.5 Å². The summed E-state index contributed by atoms with van der Waals surface area (Å²) in [6.07, 6.45) is 1.51. The molecule has 30 heavy (non-hydrogen) atoms. The standard InChI is InChI=1S/C22H17F2N3O3/c23-18-7-4-8-19(24)20(18)21(28)27-22(29)26-17-11-9-15(10-12-17)13-25-30-14-16-5-2-1-3-6-16/h1-13H,14H2,(H2,26,27,28,29)/b25-13+. The molecule has 0 aliphatic carbocycles. The van der Waals surface area contributed by atoms with Gasteiger partial charge in [0.1, 0.15) is 23.8 Å². The van der Waals surface area contributed by atoms with Crippen molar-refractivity contribution in [3.8, 4) is 0 Å². The summed E-state index contributed by atoms with van der Waals surface area (Å²) in [4.78, 5) is 29.0. The predicted molar refractivity (Wildman–Crippen MR) is 108 cm³/mol. The first-order valence-electron chi connectivity index (χ1n) is 8.88. The Morgan fingerprint density at radius 3 is 2.23 bits per heavy atom. The van der Waals surface area contributed by atoms with Gasteiger partial charge >= 0.3 is 6.03 Å². The van der Waals surface area contributed by atoms with Gasteiger partial charge in [-0.05, 0) is 35.4 Å². The predicted octanol–water partition coefficient (Wildman–Crippen LogP) is 4.48. The number of nitrogens with zero attached hydrogens (tertiary/aromatic N) is 1. The number of carbonyl (C=O) groups is 2. The zero-order chi connectivity index (χ0) is 21.3. The van der Waals surface area contributed by atoms with Crippen molar-refractivity contribution in [2.24, 2.45) is 5.16 Å². The number of urea groups is 1. The lowest BCUT2D eigenvalue weighted by Gasteiger charge is -2.08. The van der Waals surface area contributed by atoms with Gasteiger partial charge in [0.15, 0.2) is 0 Å². The van der Waals surface area contributed by atoms with Crippen molar-refractivity contribution in [1.29, 1.82) is 0 Å². The lowest BCUT2D eigenvalue weighted by molar-refractivity contribution is 0.0959. The Bertz CT molecular complexity index is 1030. The van der Waals surface area contributed by atoms with Gasteiger partial charge in [-0.15, -0.1) is 0 Å². The topological polar surface area (TPSA) is 79.8 Å². The number of benzene rings is 3. The van der Waals surface area contributed by atoms with Crippen molar-refractivity contribution in [2.45, 2.75) is 6.61 Å². The Kier molecular flexibility index (Phi) is 6.83. The number of anilines is 1. The molecular formula is C22H17F2N3O3. The summed E-state index contributed by atoms with van der Waals surface area (Å²) >= 11 is 0. The van der Waals surface area contributed by atoms with Gasteiger partial charge < -0.3 is 10.2 Å². The zero-order valence-corrected chi connectivity index (χ0v) is 15.6. The fourth-order valence-corrected chi connectivity index (χ4v) is 2.48. The molecule has 0 fully saturated rings. The fourth-order valence-electron chi connectivity index (χ4n) is 2.48. The normalized spacial score (nSPS) is 10.6. The summed E-state index contributed by atoms with van der Waals surface area (Å²) < 4.78 is 27.2. The summed E-state index contributed by atoms with van der Waals surface area (Å²) in [5.41, 5.74) is 1.26. The van der Waals surface area contributed by atoms with Crippen LogP contribution >= 0.6 is 0 Å². The van der Waals surface area contributed by atoms with Gasteiger partial charge in [-0.2, -0.15) is 0 Å². The molecule has 0 saturated carbocycles. The van der Waals surface area contributed by atoms with Crippen LogP contribution in [0, 0.1) is 11.6 Å². The average molecular weight is 409 g/mol. The fraction of sp³-hybridized carbons (Fsp3) is 0.0455. The minimum atomic E-state index is -1.18. The van der Waals surface area contributed by atoms with Crippen LogP contribution in [-0.4, -0.2) is 18.2 Å². The molecule has 0 saturated heterocycles. The Balaban J connectivity index is 1.50. The first-order chi connectivity index (χ1) is 14.5. The molecule has 3 rings (SSSR count). The van der Waals surface area contributed by atoms with Crippen molar-refractivity contribution in [3.05, 3.63) is 101 Å². The van der Waals surface area contributed by atoms with Gasteiger partial charge in [0.05, 0.1) is 6.21 Å². The molecule has 0 aliphatic heterocycles. The number of carbonyl (C=O) groups excluding carboxylic acids is 2. The zero-order valence-electron chi connectivity index (χ0n) is 15.6. The first-order valence-corrected chi connectivity index (χ1v) is 8.88. The highest BCUT2D eigenvalue weighted by Crippen LogP contribution is 2.12. The van der Waals surface area contributed by atoms with Crippen molar-refractivity contribution in [2.75, 3.05) is 5.32 Å². The van der Waals surface area contributed by atoms with Crippen LogP contribution < -0.4 is 10.6 Å². The van der Waals surface area contributed by atoms with E-state index < -0.39 is 29.1 Å². The van der Waals surface area contributed by atoms with Crippen LogP contribution in [0.3, 0.4) is 0 Å². The summed E-state index contributed by atoms with van der Waals surface area (Å²) in [6.45, 7) is 0.341. The van der Waals surface area contributed by atoms with Crippen LogP contribution in [0.2, 0.25) is 0 Å². The molecule has 0 aromatic heterocycles. The highest BCUT2D eigenvalue weighted by atomic mass is 19.1. The van der Waals surface area contributed by atoms with Gasteiger partial charge in [-0.3, -0.25) is 10.1 Å². The van der Waals surface area contributed by atoms with E-state index in [4.69, 9.17) is 4.84 Å². The number of imide groups is 1. The van der Waals surface area contributed by atoms with Crippen LogP contribution in [0.25, 0.3) is 0 Å². The van der Waals surface area contributed by atoms with E-state index in [-0.39, 0.29) is 0 Å². The lowest BCUT2D eigenvalue weighted by Crippen LogP contribution is -2.35. The molecule has 0 unspecified atom stereocenters. The highest BCUT2D eigenvalue weighted by Gasteiger charge is 2.19. The van der Waals surface area contributed by atoms with Gasteiger partial charge in [0, 0.05) is 5.69 Å². The number of amides is 3. The molecule has 0 radical (unpaired) electrons. The van der Waals surface area contributed by atoms with Crippen LogP contribution in [0.1, 0.15) is 21.5 Å². The van der Waals surface area contributed by atoms with Crippen LogP contribution in [0.5, 0.6) is 0 Å².